The van der Waals surface area contributed by atoms with Crippen molar-refractivity contribution in [2.24, 2.45) is 0 Å². The maximum absolute atomic E-state index is 2.44. The van der Waals surface area contributed by atoms with Gasteiger partial charge in [-0.15, -0.1) is 0 Å². The normalized spacial score (nSPS) is 11.7. The molecule has 0 saturated carbocycles. The molecule has 152 valence electrons. The van der Waals surface area contributed by atoms with Crippen LogP contribution in [0.15, 0.2) is 70.5 Å². The molecule has 29 heavy (non-hydrogen) atoms. The summed E-state index contributed by atoms with van der Waals surface area (Å²) in [5.74, 6) is 1.54. The van der Waals surface area contributed by atoms with Crippen molar-refractivity contribution in [1.82, 2.24) is 0 Å². The van der Waals surface area contributed by atoms with E-state index in [0.717, 1.165) is 0 Å². The van der Waals surface area contributed by atoms with Crippen molar-refractivity contribution in [2.45, 2.75) is 76.0 Å². The first kappa shape index (κ1) is 21.7. The predicted molar refractivity (Wildman–Crippen MR) is 129 cm³/mol. The summed E-state index contributed by atoms with van der Waals surface area (Å²) < 4.78 is 0. The molecular formula is C28H34S. The Bertz CT molecular complexity index is 936. The summed E-state index contributed by atoms with van der Waals surface area (Å²) in [6.07, 6.45) is 0. The fourth-order valence-electron chi connectivity index (χ4n) is 3.69. The van der Waals surface area contributed by atoms with Crippen molar-refractivity contribution in [3.63, 3.8) is 0 Å². The van der Waals surface area contributed by atoms with Crippen LogP contribution in [-0.4, -0.2) is 0 Å². The summed E-state index contributed by atoms with van der Waals surface area (Å²) in [6, 6.07) is 22.5. The highest BCUT2D eigenvalue weighted by Crippen LogP contribution is 2.44. The Morgan fingerprint density at radius 3 is 1.76 bits per heavy atom. The Kier molecular flexibility index (Phi) is 6.90. The molecule has 0 spiro atoms. The van der Waals surface area contributed by atoms with Gasteiger partial charge in [-0.2, -0.15) is 0 Å². The third-order valence-electron chi connectivity index (χ3n) is 5.51. The van der Waals surface area contributed by atoms with Gasteiger partial charge >= 0.3 is 0 Å². The van der Waals surface area contributed by atoms with Crippen LogP contribution in [-0.2, 0) is 0 Å². The number of benzene rings is 3. The van der Waals surface area contributed by atoms with Gasteiger partial charge < -0.3 is 0 Å². The average Bonchev–Trinajstić information content (AvgIpc) is 2.69. The van der Waals surface area contributed by atoms with Crippen LogP contribution in [0.4, 0.5) is 0 Å². The van der Waals surface area contributed by atoms with Crippen LogP contribution in [0.5, 0.6) is 0 Å². The monoisotopic (exact) mass is 402 g/mol. The molecule has 0 aliphatic carbocycles. The number of hydrogen-bond donors (Lipinski definition) is 0. The van der Waals surface area contributed by atoms with Gasteiger partial charge in [-0.05, 0) is 58.6 Å². The molecule has 3 aromatic rings. The fourth-order valence-corrected chi connectivity index (χ4v) is 5.16. The summed E-state index contributed by atoms with van der Waals surface area (Å²) in [5.41, 5.74) is 8.32. The van der Waals surface area contributed by atoms with E-state index in [1.165, 1.54) is 43.2 Å². The second-order valence-corrected chi connectivity index (χ2v) is 10.0. The van der Waals surface area contributed by atoms with Crippen LogP contribution < -0.4 is 0 Å². The lowest BCUT2D eigenvalue weighted by Crippen LogP contribution is -2.03. The molecule has 0 bridgehead atoms. The summed E-state index contributed by atoms with van der Waals surface area (Å²) in [5, 5.41) is 0. The van der Waals surface area contributed by atoms with Gasteiger partial charge in [0.2, 0.25) is 0 Å². The molecule has 0 aliphatic heterocycles. The lowest BCUT2D eigenvalue weighted by Gasteiger charge is -2.23. The van der Waals surface area contributed by atoms with E-state index in [1.54, 1.807) is 0 Å². The quantitative estimate of drug-likeness (QED) is 0.396. The average molecular weight is 403 g/mol. The molecule has 3 aromatic carbocycles. The SMILES string of the molecule is Cc1ccc(Sc2c(C(C)C)cc(C(C)C)cc2C(C)C)c(-c2ccccc2)c1. The molecule has 0 atom stereocenters. The second-order valence-electron chi connectivity index (χ2n) is 8.96. The molecule has 0 amide bonds. The lowest BCUT2D eigenvalue weighted by atomic mass is 9.89. The minimum absolute atomic E-state index is 0.499. The van der Waals surface area contributed by atoms with Crippen molar-refractivity contribution >= 4 is 11.8 Å². The molecule has 0 N–H and O–H groups in total. The van der Waals surface area contributed by atoms with Gasteiger partial charge in [-0.3, -0.25) is 0 Å². The zero-order chi connectivity index (χ0) is 21.1. The second kappa shape index (κ2) is 9.22. The van der Waals surface area contributed by atoms with E-state index < -0.39 is 0 Å². The molecule has 0 aromatic heterocycles. The molecule has 3 rings (SSSR count). The highest BCUT2D eigenvalue weighted by molar-refractivity contribution is 7.99. The van der Waals surface area contributed by atoms with E-state index in [4.69, 9.17) is 0 Å². The Balaban J connectivity index is 2.18. The topological polar surface area (TPSA) is 0 Å². The van der Waals surface area contributed by atoms with Crippen molar-refractivity contribution in [3.8, 4) is 11.1 Å². The molecule has 0 radical (unpaired) electrons. The molecule has 0 nitrogen and oxygen atoms in total. The summed E-state index contributed by atoms with van der Waals surface area (Å²) in [6.45, 7) is 16.1. The Morgan fingerprint density at radius 1 is 0.655 bits per heavy atom. The van der Waals surface area contributed by atoms with Crippen LogP contribution in [0.25, 0.3) is 11.1 Å². The van der Waals surface area contributed by atoms with Crippen molar-refractivity contribution in [1.29, 1.82) is 0 Å². The van der Waals surface area contributed by atoms with E-state index >= 15 is 0 Å². The van der Waals surface area contributed by atoms with Gasteiger partial charge in [0.15, 0.2) is 0 Å². The fraction of sp³-hybridized carbons (Fsp3) is 0.357. The highest BCUT2D eigenvalue weighted by atomic mass is 32.2. The summed E-state index contributed by atoms with van der Waals surface area (Å²) in [7, 11) is 0. The minimum atomic E-state index is 0.499. The Hall–Kier alpha value is -1.99. The molecule has 0 unspecified atom stereocenters. The van der Waals surface area contributed by atoms with Crippen LogP contribution >= 0.6 is 11.8 Å². The zero-order valence-corrected chi connectivity index (χ0v) is 19.7. The van der Waals surface area contributed by atoms with Crippen molar-refractivity contribution < 1.29 is 0 Å². The Labute approximate surface area is 181 Å². The predicted octanol–water partition coefficient (Wildman–Crippen LogP) is 9.18. The van der Waals surface area contributed by atoms with Gasteiger partial charge in [0.25, 0.3) is 0 Å². The first-order valence-corrected chi connectivity index (χ1v) is 11.6. The molecule has 0 saturated heterocycles. The van der Waals surface area contributed by atoms with Crippen LogP contribution in [0.2, 0.25) is 0 Å². The maximum Gasteiger partial charge on any atom is 0.0201 e. The number of aryl methyl sites for hydroxylation is 1. The van der Waals surface area contributed by atoms with Gasteiger partial charge in [0, 0.05) is 9.79 Å². The third-order valence-corrected chi connectivity index (χ3v) is 6.76. The molecule has 1 heteroatoms. The van der Waals surface area contributed by atoms with Gasteiger partial charge in [0.05, 0.1) is 0 Å². The van der Waals surface area contributed by atoms with E-state index in [-0.39, 0.29) is 0 Å². The number of hydrogen-bond acceptors (Lipinski definition) is 1. The maximum atomic E-state index is 2.44. The van der Waals surface area contributed by atoms with E-state index in [2.05, 4.69) is 109 Å². The smallest absolute Gasteiger partial charge is 0.0201 e. The van der Waals surface area contributed by atoms with Gasteiger partial charge in [0.1, 0.15) is 0 Å². The van der Waals surface area contributed by atoms with Crippen LogP contribution in [0.3, 0.4) is 0 Å². The zero-order valence-electron chi connectivity index (χ0n) is 18.9. The largest absolute Gasteiger partial charge is 0.0888 e. The Morgan fingerprint density at radius 2 is 1.24 bits per heavy atom. The van der Waals surface area contributed by atoms with Crippen molar-refractivity contribution in [3.05, 3.63) is 82.9 Å². The highest BCUT2D eigenvalue weighted by Gasteiger charge is 2.19. The lowest BCUT2D eigenvalue weighted by molar-refractivity contribution is 0.772. The van der Waals surface area contributed by atoms with Gasteiger partial charge in [-0.1, -0.05) is 113 Å². The van der Waals surface area contributed by atoms with Crippen LogP contribution in [0, 0.1) is 6.92 Å². The molecule has 0 fully saturated rings. The standard InChI is InChI=1S/C28H34S/c1-18(2)23-16-24(19(3)4)28(25(17-23)20(5)6)29-27-14-13-21(7)15-26(27)22-11-9-8-10-12-22/h8-20H,1-7H3. The van der Waals surface area contributed by atoms with Crippen LogP contribution in [0.1, 0.15) is 81.5 Å². The van der Waals surface area contributed by atoms with E-state index in [0.29, 0.717) is 17.8 Å². The van der Waals surface area contributed by atoms with Gasteiger partial charge in [-0.25, -0.2) is 0 Å². The molecular weight excluding hydrogens is 368 g/mol. The first-order chi connectivity index (χ1) is 13.8. The minimum Gasteiger partial charge on any atom is -0.0888 e. The number of rotatable bonds is 6. The first-order valence-electron chi connectivity index (χ1n) is 10.8. The summed E-state index contributed by atoms with van der Waals surface area (Å²) >= 11 is 1.95. The summed E-state index contributed by atoms with van der Waals surface area (Å²) in [4.78, 5) is 2.78. The van der Waals surface area contributed by atoms with E-state index in [9.17, 15) is 0 Å². The molecule has 0 aliphatic rings. The molecule has 0 heterocycles. The van der Waals surface area contributed by atoms with E-state index in [1.807, 2.05) is 11.8 Å². The third kappa shape index (κ3) is 4.95. The van der Waals surface area contributed by atoms with Crippen molar-refractivity contribution in [2.75, 3.05) is 0 Å².